The molecule has 0 saturated heterocycles. The van der Waals surface area contributed by atoms with Crippen LogP contribution in [0.1, 0.15) is 18.9 Å². The van der Waals surface area contributed by atoms with Gasteiger partial charge < -0.3 is 10.6 Å². The lowest BCUT2D eigenvalue weighted by molar-refractivity contribution is 0.581. The van der Waals surface area contributed by atoms with Gasteiger partial charge >= 0.3 is 0 Å². The number of rotatable bonds is 7. The Balaban J connectivity index is 0.00000364. The van der Waals surface area contributed by atoms with Gasteiger partial charge in [-0.1, -0.05) is 24.3 Å². The molecule has 6 nitrogen and oxygen atoms in total. The van der Waals surface area contributed by atoms with Gasteiger partial charge in [-0.2, -0.15) is 0 Å². The van der Waals surface area contributed by atoms with Crippen LogP contribution in [0.4, 0.5) is 0 Å². The molecule has 0 bridgehead atoms. The van der Waals surface area contributed by atoms with Gasteiger partial charge in [-0.15, -0.1) is 24.0 Å². The maximum absolute atomic E-state index is 11.3. The highest BCUT2D eigenvalue weighted by molar-refractivity contribution is 14.0. The van der Waals surface area contributed by atoms with Gasteiger partial charge in [0.1, 0.15) is 9.84 Å². The van der Waals surface area contributed by atoms with Gasteiger partial charge in [0, 0.05) is 37.7 Å². The quantitative estimate of drug-likeness (QED) is 0.346. The zero-order chi connectivity index (χ0) is 19.0. The second-order valence-corrected chi connectivity index (χ2v) is 8.56. The Labute approximate surface area is 178 Å². The van der Waals surface area contributed by atoms with E-state index in [9.17, 15) is 8.42 Å². The molecule has 0 spiro atoms. The molecule has 0 radical (unpaired) electrons. The van der Waals surface area contributed by atoms with Gasteiger partial charge in [0.15, 0.2) is 5.96 Å². The van der Waals surface area contributed by atoms with E-state index < -0.39 is 9.84 Å². The smallest absolute Gasteiger partial charge is 0.191 e. The summed E-state index contributed by atoms with van der Waals surface area (Å²) in [6, 6.07) is 14.0. The van der Waals surface area contributed by atoms with Crippen molar-refractivity contribution < 1.29 is 8.42 Å². The second-order valence-electron chi connectivity index (χ2n) is 6.31. The number of halogens is 1. The maximum atomic E-state index is 11.3. The Kier molecular flexibility index (Phi) is 9.71. The van der Waals surface area contributed by atoms with E-state index in [0.29, 0.717) is 18.9 Å². The van der Waals surface area contributed by atoms with E-state index >= 15 is 0 Å². The average molecular weight is 502 g/mol. The number of nitrogens with zero attached hydrogens (tertiary/aromatic N) is 2. The number of hydrogen-bond donors (Lipinski definition) is 2. The van der Waals surface area contributed by atoms with E-state index in [0.717, 1.165) is 16.8 Å². The molecule has 0 fully saturated rings. The van der Waals surface area contributed by atoms with Crippen molar-refractivity contribution >= 4 is 39.8 Å². The zero-order valence-electron chi connectivity index (χ0n) is 15.8. The Morgan fingerprint density at radius 2 is 2.00 bits per heavy atom. The molecule has 148 valence electrons. The number of benzene rings is 1. The molecule has 0 aliphatic carbocycles. The van der Waals surface area contributed by atoms with Crippen molar-refractivity contribution in [3.8, 4) is 11.3 Å². The first-order valence-corrected chi connectivity index (χ1v) is 10.6. The fourth-order valence-corrected chi connectivity index (χ4v) is 3.23. The van der Waals surface area contributed by atoms with Crippen molar-refractivity contribution in [2.45, 2.75) is 25.9 Å². The highest BCUT2D eigenvalue weighted by atomic mass is 127. The standard InChI is InChI=1S/C19H26N4O2S.HI/c1-15(10-12-26(3,24)25)23-19(20-2)22-14-16-7-6-8-17(13-16)18-9-4-5-11-21-18;/h4-9,11,13,15H,10,12,14H2,1-3H3,(H2,20,22,23);1H. The topological polar surface area (TPSA) is 83.4 Å². The van der Waals surface area contributed by atoms with E-state index in [1.54, 1.807) is 13.2 Å². The molecule has 2 rings (SSSR count). The van der Waals surface area contributed by atoms with Crippen LogP contribution in [0, 0.1) is 0 Å². The third-order valence-corrected chi connectivity index (χ3v) is 4.85. The minimum Gasteiger partial charge on any atom is -0.354 e. The summed E-state index contributed by atoms with van der Waals surface area (Å²) in [5.41, 5.74) is 3.11. The van der Waals surface area contributed by atoms with Crippen LogP contribution >= 0.6 is 24.0 Å². The highest BCUT2D eigenvalue weighted by Gasteiger charge is 2.09. The number of nitrogens with one attached hydrogen (secondary N) is 2. The number of aliphatic imine (C=N–C) groups is 1. The lowest BCUT2D eigenvalue weighted by Gasteiger charge is -2.17. The predicted molar refractivity (Wildman–Crippen MR) is 122 cm³/mol. The molecule has 1 heterocycles. The molecule has 1 aromatic carbocycles. The molecule has 0 amide bonds. The number of pyridine rings is 1. The van der Waals surface area contributed by atoms with Crippen LogP contribution < -0.4 is 10.6 Å². The molecule has 1 unspecified atom stereocenters. The van der Waals surface area contributed by atoms with E-state index in [1.165, 1.54) is 6.26 Å². The Bertz CT molecular complexity index is 842. The van der Waals surface area contributed by atoms with Crippen LogP contribution in [0.15, 0.2) is 53.7 Å². The molecule has 27 heavy (non-hydrogen) atoms. The molecule has 1 aromatic heterocycles. The average Bonchev–Trinajstić information content (AvgIpc) is 2.64. The summed E-state index contributed by atoms with van der Waals surface area (Å²) < 4.78 is 22.5. The van der Waals surface area contributed by atoms with E-state index in [2.05, 4.69) is 26.7 Å². The summed E-state index contributed by atoms with van der Waals surface area (Å²) in [6.07, 6.45) is 3.57. The van der Waals surface area contributed by atoms with E-state index in [1.807, 2.05) is 43.3 Å². The molecular weight excluding hydrogens is 475 g/mol. The summed E-state index contributed by atoms with van der Waals surface area (Å²) in [5, 5.41) is 6.48. The molecule has 2 N–H and O–H groups in total. The Morgan fingerprint density at radius 1 is 1.22 bits per heavy atom. The summed E-state index contributed by atoms with van der Waals surface area (Å²) >= 11 is 0. The van der Waals surface area contributed by atoms with E-state index in [-0.39, 0.29) is 35.8 Å². The first-order valence-electron chi connectivity index (χ1n) is 8.52. The number of guanidine groups is 1. The monoisotopic (exact) mass is 502 g/mol. The maximum Gasteiger partial charge on any atom is 0.191 e. The lowest BCUT2D eigenvalue weighted by atomic mass is 10.1. The van der Waals surface area contributed by atoms with Crippen LogP contribution in [0.3, 0.4) is 0 Å². The largest absolute Gasteiger partial charge is 0.354 e. The number of hydrogen-bond acceptors (Lipinski definition) is 4. The van der Waals surface area contributed by atoms with Crippen LogP contribution in [0.2, 0.25) is 0 Å². The molecule has 0 saturated carbocycles. The minimum atomic E-state index is -2.95. The van der Waals surface area contributed by atoms with Crippen molar-refractivity contribution in [2.75, 3.05) is 19.1 Å². The fraction of sp³-hybridized carbons (Fsp3) is 0.368. The van der Waals surface area contributed by atoms with Gasteiger partial charge in [0.25, 0.3) is 0 Å². The second kappa shape index (κ2) is 11.2. The third kappa shape index (κ3) is 8.70. The van der Waals surface area contributed by atoms with Gasteiger partial charge in [0.05, 0.1) is 11.4 Å². The van der Waals surface area contributed by atoms with Crippen LogP contribution in [0.5, 0.6) is 0 Å². The van der Waals surface area contributed by atoms with Crippen LogP contribution in [0.25, 0.3) is 11.3 Å². The van der Waals surface area contributed by atoms with Crippen molar-refractivity contribution in [3.05, 3.63) is 54.2 Å². The van der Waals surface area contributed by atoms with Gasteiger partial charge in [-0.3, -0.25) is 9.98 Å². The van der Waals surface area contributed by atoms with Crippen molar-refractivity contribution in [1.82, 2.24) is 15.6 Å². The SMILES string of the molecule is CN=C(NCc1cccc(-c2ccccn2)c1)NC(C)CCS(C)(=O)=O.I. The van der Waals surface area contributed by atoms with Crippen molar-refractivity contribution in [2.24, 2.45) is 4.99 Å². The zero-order valence-corrected chi connectivity index (χ0v) is 19.0. The highest BCUT2D eigenvalue weighted by Crippen LogP contribution is 2.17. The summed E-state index contributed by atoms with van der Waals surface area (Å²) in [5.74, 6) is 0.804. The molecule has 8 heteroatoms. The normalized spacial score (nSPS) is 12.8. The number of aromatic nitrogens is 1. The first-order chi connectivity index (χ1) is 12.4. The number of sulfone groups is 1. The van der Waals surface area contributed by atoms with E-state index in [4.69, 9.17) is 0 Å². The lowest BCUT2D eigenvalue weighted by Crippen LogP contribution is -2.42. The molecule has 2 aromatic rings. The van der Waals surface area contributed by atoms with Crippen molar-refractivity contribution in [1.29, 1.82) is 0 Å². The Hall–Kier alpha value is -1.68. The molecule has 0 aliphatic heterocycles. The van der Waals surface area contributed by atoms with Gasteiger partial charge in [-0.05, 0) is 37.1 Å². The van der Waals surface area contributed by atoms with Gasteiger partial charge in [-0.25, -0.2) is 8.42 Å². The summed E-state index contributed by atoms with van der Waals surface area (Å²) in [4.78, 5) is 8.58. The molecule has 1 atom stereocenters. The first kappa shape index (κ1) is 23.4. The minimum absolute atomic E-state index is 0. The summed E-state index contributed by atoms with van der Waals surface area (Å²) in [6.45, 7) is 2.55. The fourth-order valence-electron chi connectivity index (χ4n) is 2.45. The van der Waals surface area contributed by atoms with Crippen molar-refractivity contribution in [3.63, 3.8) is 0 Å². The molecule has 0 aliphatic rings. The Morgan fingerprint density at radius 3 is 2.63 bits per heavy atom. The van der Waals surface area contributed by atoms with Crippen LogP contribution in [-0.2, 0) is 16.4 Å². The molecular formula is C19H27IN4O2S. The van der Waals surface area contributed by atoms with Gasteiger partial charge in [0.2, 0.25) is 0 Å². The predicted octanol–water partition coefficient (Wildman–Crippen LogP) is 2.85. The third-order valence-electron chi connectivity index (χ3n) is 3.88. The summed E-state index contributed by atoms with van der Waals surface area (Å²) in [7, 11) is -1.26. The van der Waals surface area contributed by atoms with Crippen LogP contribution in [-0.4, -0.2) is 44.5 Å².